The number of nitrogens with zero attached hydrogens (tertiary/aromatic N) is 6. The zero-order chi connectivity index (χ0) is 23.5. The van der Waals surface area contributed by atoms with Gasteiger partial charge in [-0.05, 0) is 61.5 Å². The number of rotatable bonds is 7. The molecule has 0 aliphatic rings. The van der Waals surface area contributed by atoms with Gasteiger partial charge < -0.3 is 9.50 Å². The summed E-state index contributed by atoms with van der Waals surface area (Å²) < 4.78 is 8.50. The Morgan fingerprint density at radius 2 is 1.97 bits per heavy atom. The van der Waals surface area contributed by atoms with E-state index in [4.69, 9.17) is 9.28 Å². The van der Waals surface area contributed by atoms with Crippen molar-refractivity contribution in [2.75, 3.05) is 12.4 Å². The second-order valence-electron chi connectivity index (χ2n) is 7.55. The van der Waals surface area contributed by atoms with E-state index in [9.17, 15) is 4.79 Å². The van der Waals surface area contributed by atoms with Gasteiger partial charge in [-0.2, -0.15) is 10.2 Å². The van der Waals surface area contributed by atoms with Crippen LogP contribution >= 0.6 is 12.0 Å². The summed E-state index contributed by atoms with van der Waals surface area (Å²) in [5.41, 5.74) is 4.65. The smallest absolute Gasteiger partial charge is 0.230 e. The lowest BCUT2D eigenvalue weighted by Crippen LogP contribution is -2.15. The number of nitrogens with one attached hydrogen (secondary N) is 1. The topological polar surface area (TPSA) is 99.2 Å². The molecule has 5 aromatic rings. The monoisotopic (exact) mass is 471 g/mol. The first-order valence-electron chi connectivity index (χ1n) is 10.5. The Balaban J connectivity index is 1.44. The predicted molar refractivity (Wildman–Crippen MR) is 130 cm³/mol. The largest absolute Gasteiger partial charge is 0.326 e. The minimum absolute atomic E-state index is 0.117. The molecular formula is C24H21N7O2S. The maximum Gasteiger partial charge on any atom is 0.230 e. The number of fused-ring (bicyclic) bond motifs is 1. The molecule has 0 atom stereocenters. The number of amides is 1. The molecule has 4 heterocycles. The molecule has 1 N–H and O–H groups in total. The van der Waals surface area contributed by atoms with Crippen molar-refractivity contribution >= 4 is 29.3 Å². The van der Waals surface area contributed by atoms with Crippen LogP contribution in [0.5, 0.6) is 0 Å². The molecule has 0 unspecified atom stereocenters. The van der Waals surface area contributed by atoms with Crippen molar-refractivity contribution in [3.63, 3.8) is 0 Å². The quantitative estimate of drug-likeness (QED) is 0.357. The molecule has 0 bridgehead atoms. The number of aryl methyl sites for hydroxylation is 1. The van der Waals surface area contributed by atoms with E-state index < -0.39 is 0 Å². The van der Waals surface area contributed by atoms with E-state index in [0.717, 1.165) is 27.5 Å². The lowest BCUT2D eigenvalue weighted by Gasteiger charge is -2.07. The fraction of sp³-hybridized carbons (Fsp3) is 0.125. The Bertz CT molecular complexity index is 1460. The second-order valence-corrected chi connectivity index (χ2v) is 8.52. The number of hydrogen-bond donors (Lipinski definition) is 1. The van der Waals surface area contributed by atoms with E-state index in [1.54, 1.807) is 16.3 Å². The van der Waals surface area contributed by atoms with Gasteiger partial charge in [0.05, 0.1) is 24.9 Å². The Hall–Kier alpha value is -4.02. The summed E-state index contributed by atoms with van der Waals surface area (Å²) in [5, 5.41) is 11.9. The minimum atomic E-state index is -0.160. The highest BCUT2D eigenvalue weighted by Crippen LogP contribution is 2.25. The first kappa shape index (κ1) is 21.8. The molecule has 10 heteroatoms. The molecule has 0 fully saturated rings. The molecule has 9 nitrogen and oxygen atoms in total. The van der Waals surface area contributed by atoms with Gasteiger partial charge in [0.2, 0.25) is 5.91 Å². The van der Waals surface area contributed by atoms with Gasteiger partial charge in [-0.25, -0.2) is 19.2 Å². The summed E-state index contributed by atoms with van der Waals surface area (Å²) in [6.07, 6.45) is 3.51. The normalized spacial score (nSPS) is 11.1. The summed E-state index contributed by atoms with van der Waals surface area (Å²) in [5.74, 6) is 0.513. The molecule has 0 spiro atoms. The van der Waals surface area contributed by atoms with Crippen molar-refractivity contribution in [3.05, 3.63) is 84.6 Å². The van der Waals surface area contributed by atoms with Crippen molar-refractivity contribution < 1.29 is 8.98 Å². The first-order valence-corrected chi connectivity index (χ1v) is 11.3. The first-order chi connectivity index (χ1) is 16.6. The number of aromatic nitrogens is 6. The van der Waals surface area contributed by atoms with Crippen LogP contribution in [-0.2, 0) is 15.4 Å². The third-order valence-electron chi connectivity index (χ3n) is 5.08. The van der Waals surface area contributed by atoms with Crippen LogP contribution in [0.15, 0.2) is 78.1 Å². The average Bonchev–Trinajstić information content (AvgIpc) is 3.47. The summed E-state index contributed by atoms with van der Waals surface area (Å²) in [6, 6.07) is 19.0. The fourth-order valence-electron chi connectivity index (χ4n) is 3.57. The molecule has 1 amide bonds. The van der Waals surface area contributed by atoms with Crippen LogP contribution in [-0.4, -0.2) is 42.4 Å². The predicted octanol–water partition coefficient (Wildman–Crippen LogP) is 4.12. The Morgan fingerprint density at radius 1 is 1.12 bits per heavy atom. The molecule has 0 saturated carbocycles. The highest BCUT2D eigenvalue weighted by molar-refractivity contribution is 7.94. The van der Waals surface area contributed by atoms with Gasteiger partial charge in [-0.15, -0.1) is 0 Å². The van der Waals surface area contributed by atoms with Gasteiger partial charge in [0.25, 0.3) is 0 Å². The van der Waals surface area contributed by atoms with Gasteiger partial charge in [0.15, 0.2) is 11.5 Å². The Labute approximate surface area is 200 Å². The molecule has 34 heavy (non-hydrogen) atoms. The van der Waals surface area contributed by atoms with Crippen LogP contribution in [0, 0.1) is 6.92 Å². The van der Waals surface area contributed by atoms with Crippen LogP contribution in [0.3, 0.4) is 0 Å². The molecule has 4 aromatic heterocycles. The van der Waals surface area contributed by atoms with Gasteiger partial charge >= 0.3 is 0 Å². The van der Waals surface area contributed by atoms with Crippen LogP contribution in [0.2, 0.25) is 0 Å². The molecule has 170 valence electrons. The number of anilines is 1. The third-order valence-corrected chi connectivity index (χ3v) is 5.71. The van der Waals surface area contributed by atoms with Gasteiger partial charge in [-0.1, -0.05) is 6.07 Å². The summed E-state index contributed by atoms with van der Waals surface area (Å²) >= 11 is 1.27. The van der Waals surface area contributed by atoms with Gasteiger partial charge in [0, 0.05) is 40.1 Å². The number of carbonyl (C=O) groups excluding carboxylic acids is 1. The lowest BCUT2D eigenvalue weighted by atomic mass is 10.1. The summed E-state index contributed by atoms with van der Waals surface area (Å²) in [6.45, 7) is 1.93. The molecule has 0 saturated heterocycles. The van der Waals surface area contributed by atoms with E-state index >= 15 is 0 Å². The number of carbonyl (C=O) groups is 1. The number of benzene rings is 1. The fourth-order valence-corrected chi connectivity index (χ4v) is 4.01. The van der Waals surface area contributed by atoms with Crippen LogP contribution < -0.4 is 5.32 Å². The van der Waals surface area contributed by atoms with Crippen molar-refractivity contribution in [2.24, 2.45) is 0 Å². The van der Waals surface area contributed by atoms with Crippen molar-refractivity contribution in [1.82, 2.24) is 29.4 Å². The standard InChI is InChI=1S/C24H21N7O2S/c1-16-4-3-5-23(27-16)31-21(17-6-11-22-25-15-26-30(22)14-17)12-19(29-31)13-24(32)28-18-7-9-20(10-8-18)34-33-2/h3-12,14-15H,13H2,1-2H3,(H,28,32). The maximum atomic E-state index is 12.8. The molecule has 0 aliphatic heterocycles. The van der Waals surface area contributed by atoms with E-state index in [2.05, 4.69) is 20.4 Å². The average molecular weight is 472 g/mol. The maximum absolute atomic E-state index is 12.8. The van der Waals surface area contributed by atoms with E-state index in [0.29, 0.717) is 17.2 Å². The molecule has 0 aliphatic carbocycles. The summed E-state index contributed by atoms with van der Waals surface area (Å²) in [7, 11) is 1.62. The zero-order valence-corrected chi connectivity index (χ0v) is 19.4. The van der Waals surface area contributed by atoms with E-state index in [1.807, 2.05) is 73.8 Å². The van der Waals surface area contributed by atoms with Crippen LogP contribution in [0.4, 0.5) is 5.69 Å². The van der Waals surface area contributed by atoms with Crippen molar-refractivity contribution in [3.8, 4) is 17.1 Å². The lowest BCUT2D eigenvalue weighted by molar-refractivity contribution is -0.115. The molecule has 0 radical (unpaired) electrons. The molecule has 5 rings (SSSR count). The third kappa shape index (κ3) is 4.68. The number of pyridine rings is 2. The molecular weight excluding hydrogens is 450 g/mol. The minimum Gasteiger partial charge on any atom is -0.326 e. The SMILES string of the molecule is COSc1ccc(NC(=O)Cc2cc(-c3ccc4ncnn4c3)n(-c3cccc(C)n3)n2)cc1. The van der Waals surface area contributed by atoms with Crippen LogP contribution in [0.25, 0.3) is 22.7 Å². The second kappa shape index (κ2) is 9.46. The number of hydrogen-bond acceptors (Lipinski definition) is 7. The highest BCUT2D eigenvalue weighted by Gasteiger charge is 2.16. The molecule has 1 aromatic carbocycles. The summed E-state index contributed by atoms with van der Waals surface area (Å²) in [4.78, 5) is 22.5. The zero-order valence-electron chi connectivity index (χ0n) is 18.5. The van der Waals surface area contributed by atoms with Crippen molar-refractivity contribution in [2.45, 2.75) is 18.2 Å². The van der Waals surface area contributed by atoms with E-state index in [-0.39, 0.29) is 12.3 Å². The van der Waals surface area contributed by atoms with E-state index in [1.165, 1.54) is 18.4 Å². The Kier molecular flexibility index (Phi) is 6.07. The highest BCUT2D eigenvalue weighted by atomic mass is 32.2. The van der Waals surface area contributed by atoms with Crippen LogP contribution in [0.1, 0.15) is 11.4 Å². The Morgan fingerprint density at radius 3 is 2.76 bits per heavy atom. The van der Waals surface area contributed by atoms with Gasteiger partial charge in [0.1, 0.15) is 6.33 Å². The van der Waals surface area contributed by atoms with Gasteiger partial charge in [-0.3, -0.25) is 4.79 Å². The van der Waals surface area contributed by atoms with Crippen molar-refractivity contribution in [1.29, 1.82) is 0 Å².